The molecule has 0 atom stereocenters. The molecule has 4 rings (SSSR count). The fraction of sp³-hybridized carbons (Fsp3) is 0.450. The van der Waals surface area contributed by atoms with E-state index >= 15 is 0 Å². The lowest BCUT2D eigenvalue weighted by atomic mass is 9.97. The lowest BCUT2D eigenvalue weighted by Gasteiger charge is -2.33. The fourth-order valence-corrected chi connectivity index (χ4v) is 3.79. The Kier molecular flexibility index (Phi) is 4.70. The van der Waals surface area contributed by atoms with Crippen molar-refractivity contribution in [1.29, 1.82) is 0 Å². The van der Waals surface area contributed by atoms with Crippen LogP contribution in [0, 0.1) is 19.8 Å². The highest BCUT2D eigenvalue weighted by molar-refractivity contribution is 5.77. The molecule has 0 amide bonds. The van der Waals surface area contributed by atoms with Crippen molar-refractivity contribution >= 4 is 16.9 Å². The van der Waals surface area contributed by atoms with Crippen LogP contribution in [-0.4, -0.2) is 37.2 Å². The van der Waals surface area contributed by atoms with E-state index in [9.17, 15) is 9.59 Å². The number of hydrogen-bond donors (Lipinski definition) is 0. The van der Waals surface area contributed by atoms with Crippen LogP contribution in [0.25, 0.3) is 10.9 Å². The molecule has 0 aliphatic carbocycles. The maximum Gasteiger partial charge on any atom is 0.262 e. The van der Waals surface area contributed by atoms with Crippen molar-refractivity contribution in [1.82, 2.24) is 24.1 Å². The standard InChI is InChI=1S/C20H24N6O2/c1-13-14(2)22-12-26(18(13)27)11-15-5-8-25(9-6-15)20-23-17-10-21-7-4-16(17)19(28)24(20)3/h4,7,10,12,15H,5-6,8-9,11H2,1-3H3. The molecule has 8 nitrogen and oxygen atoms in total. The van der Waals surface area contributed by atoms with Gasteiger partial charge in [0.1, 0.15) is 0 Å². The third kappa shape index (κ3) is 3.19. The summed E-state index contributed by atoms with van der Waals surface area (Å²) in [6, 6.07) is 1.70. The van der Waals surface area contributed by atoms with Gasteiger partial charge in [0.25, 0.3) is 11.1 Å². The van der Waals surface area contributed by atoms with Gasteiger partial charge in [-0.05, 0) is 38.7 Å². The Morgan fingerprint density at radius 2 is 1.89 bits per heavy atom. The zero-order valence-corrected chi connectivity index (χ0v) is 16.4. The summed E-state index contributed by atoms with van der Waals surface area (Å²) < 4.78 is 3.33. The summed E-state index contributed by atoms with van der Waals surface area (Å²) in [6.45, 7) is 5.95. The number of hydrogen-bond acceptors (Lipinski definition) is 6. The van der Waals surface area contributed by atoms with Crippen molar-refractivity contribution in [2.45, 2.75) is 33.2 Å². The second kappa shape index (κ2) is 7.18. The Bertz CT molecular complexity index is 1140. The zero-order valence-electron chi connectivity index (χ0n) is 16.4. The van der Waals surface area contributed by atoms with E-state index in [4.69, 9.17) is 0 Å². The first-order valence-corrected chi connectivity index (χ1v) is 9.54. The van der Waals surface area contributed by atoms with E-state index in [1.165, 1.54) is 0 Å². The molecular formula is C20H24N6O2. The van der Waals surface area contributed by atoms with E-state index in [2.05, 4.69) is 19.9 Å². The highest BCUT2D eigenvalue weighted by Crippen LogP contribution is 2.23. The number of aryl methyl sites for hydroxylation is 1. The second-order valence-corrected chi connectivity index (χ2v) is 7.51. The number of pyridine rings is 1. The fourth-order valence-electron chi connectivity index (χ4n) is 3.79. The van der Waals surface area contributed by atoms with Gasteiger partial charge in [-0.2, -0.15) is 0 Å². The molecule has 8 heteroatoms. The van der Waals surface area contributed by atoms with E-state index in [0.29, 0.717) is 34.9 Å². The van der Waals surface area contributed by atoms with E-state index in [-0.39, 0.29) is 11.1 Å². The van der Waals surface area contributed by atoms with Gasteiger partial charge in [-0.1, -0.05) is 0 Å². The normalized spacial score (nSPS) is 15.3. The lowest BCUT2D eigenvalue weighted by Crippen LogP contribution is -2.40. The molecule has 1 aliphatic heterocycles. The Labute approximate surface area is 162 Å². The molecule has 28 heavy (non-hydrogen) atoms. The SMILES string of the molecule is Cc1ncn(CC2CCN(c3nc4cnccc4c(=O)n3C)CC2)c(=O)c1C. The van der Waals surface area contributed by atoms with Gasteiger partial charge < -0.3 is 4.90 Å². The highest BCUT2D eigenvalue weighted by atomic mass is 16.1. The quantitative estimate of drug-likeness (QED) is 0.683. The summed E-state index contributed by atoms with van der Waals surface area (Å²) in [4.78, 5) is 40.2. The number of nitrogens with zero attached hydrogens (tertiary/aromatic N) is 6. The molecular weight excluding hydrogens is 356 g/mol. The second-order valence-electron chi connectivity index (χ2n) is 7.51. The summed E-state index contributed by atoms with van der Waals surface area (Å²) in [5, 5.41) is 0.581. The smallest absolute Gasteiger partial charge is 0.262 e. The molecule has 0 aromatic carbocycles. The Morgan fingerprint density at radius 3 is 2.64 bits per heavy atom. The van der Waals surface area contributed by atoms with Gasteiger partial charge in [-0.3, -0.25) is 23.7 Å². The molecule has 0 spiro atoms. The molecule has 1 aliphatic rings. The third-order valence-corrected chi connectivity index (χ3v) is 5.72. The predicted octanol–water partition coefficient (Wildman–Crippen LogP) is 1.42. The van der Waals surface area contributed by atoms with Gasteiger partial charge in [0, 0.05) is 44.1 Å². The Morgan fingerprint density at radius 1 is 1.14 bits per heavy atom. The van der Waals surface area contributed by atoms with E-state index in [1.807, 2.05) is 13.8 Å². The number of fused-ring (bicyclic) bond motifs is 1. The summed E-state index contributed by atoms with van der Waals surface area (Å²) in [7, 11) is 1.76. The van der Waals surface area contributed by atoms with Crippen molar-refractivity contribution < 1.29 is 0 Å². The van der Waals surface area contributed by atoms with Crippen molar-refractivity contribution in [3.05, 3.63) is 56.8 Å². The number of aromatic nitrogens is 5. The van der Waals surface area contributed by atoms with E-state index in [0.717, 1.165) is 31.6 Å². The topological polar surface area (TPSA) is 85.9 Å². The van der Waals surface area contributed by atoms with Crippen molar-refractivity contribution in [2.75, 3.05) is 18.0 Å². The van der Waals surface area contributed by atoms with Crippen LogP contribution in [0.4, 0.5) is 5.95 Å². The number of piperidine rings is 1. The predicted molar refractivity (Wildman–Crippen MR) is 108 cm³/mol. The van der Waals surface area contributed by atoms with Gasteiger partial charge in [-0.25, -0.2) is 9.97 Å². The molecule has 3 aromatic heterocycles. The van der Waals surface area contributed by atoms with E-state index in [1.54, 1.807) is 41.0 Å². The molecule has 146 valence electrons. The Hall–Kier alpha value is -3.03. The Balaban J connectivity index is 1.51. The minimum Gasteiger partial charge on any atom is -0.342 e. The van der Waals surface area contributed by atoms with Gasteiger partial charge in [0.2, 0.25) is 5.95 Å². The highest BCUT2D eigenvalue weighted by Gasteiger charge is 2.23. The summed E-state index contributed by atoms with van der Waals surface area (Å²) in [5.74, 6) is 1.07. The van der Waals surface area contributed by atoms with Crippen LogP contribution < -0.4 is 16.0 Å². The van der Waals surface area contributed by atoms with Crippen LogP contribution in [0.1, 0.15) is 24.1 Å². The lowest BCUT2D eigenvalue weighted by molar-refractivity contribution is 0.347. The van der Waals surface area contributed by atoms with E-state index < -0.39 is 0 Å². The average molecular weight is 380 g/mol. The number of anilines is 1. The van der Waals surface area contributed by atoms with Crippen molar-refractivity contribution in [2.24, 2.45) is 13.0 Å². The molecule has 4 heterocycles. The van der Waals surface area contributed by atoms with Gasteiger partial charge in [-0.15, -0.1) is 0 Å². The summed E-state index contributed by atoms with van der Waals surface area (Å²) in [5.41, 5.74) is 2.10. The molecule has 0 bridgehead atoms. The molecule has 1 fully saturated rings. The van der Waals surface area contributed by atoms with Crippen LogP contribution in [0.15, 0.2) is 34.4 Å². The molecule has 0 saturated carbocycles. The van der Waals surface area contributed by atoms with Crippen LogP contribution in [0.5, 0.6) is 0 Å². The van der Waals surface area contributed by atoms with Gasteiger partial charge >= 0.3 is 0 Å². The zero-order chi connectivity index (χ0) is 19.8. The van der Waals surface area contributed by atoms with Crippen LogP contribution in [0.2, 0.25) is 0 Å². The molecule has 0 radical (unpaired) electrons. The van der Waals surface area contributed by atoms with Crippen LogP contribution in [0.3, 0.4) is 0 Å². The molecule has 0 unspecified atom stereocenters. The summed E-state index contributed by atoms with van der Waals surface area (Å²) in [6.07, 6.45) is 6.76. The summed E-state index contributed by atoms with van der Waals surface area (Å²) >= 11 is 0. The van der Waals surface area contributed by atoms with Crippen molar-refractivity contribution in [3.63, 3.8) is 0 Å². The number of rotatable bonds is 3. The van der Waals surface area contributed by atoms with Crippen LogP contribution in [-0.2, 0) is 13.6 Å². The maximum absolute atomic E-state index is 12.6. The van der Waals surface area contributed by atoms with Gasteiger partial charge in [0.05, 0.1) is 23.4 Å². The molecule has 3 aromatic rings. The largest absolute Gasteiger partial charge is 0.342 e. The monoisotopic (exact) mass is 380 g/mol. The first-order valence-electron chi connectivity index (χ1n) is 9.54. The van der Waals surface area contributed by atoms with Crippen molar-refractivity contribution in [3.8, 4) is 0 Å². The third-order valence-electron chi connectivity index (χ3n) is 5.72. The first kappa shape index (κ1) is 18.3. The van der Waals surface area contributed by atoms with Gasteiger partial charge in [0.15, 0.2) is 0 Å². The average Bonchev–Trinajstić information content (AvgIpc) is 2.72. The minimum atomic E-state index is -0.0581. The molecule has 1 saturated heterocycles. The molecule has 0 N–H and O–H groups in total. The minimum absolute atomic E-state index is 0.0426. The first-order chi connectivity index (χ1) is 13.5. The maximum atomic E-state index is 12.6. The van der Waals surface area contributed by atoms with Crippen LogP contribution >= 0.6 is 0 Å².